The predicted octanol–water partition coefficient (Wildman–Crippen LogP) is 1.15. The van der Waals surface area contributed by atoms with Crippen LogP contribution in [0.25, 0.3) is 0 Å². The molecule has 1 aromatic heterocycles. The Hall–Kier alpha value is -1.27. The molecule has 2 aliphatic heterocycles. The van der Waals surface area contributed by atoms with Crippen molar-refractivity contribution >= 4 is 23.0 Å². The maximum atomic E-state index is 5.70. The van der Waals surface area contributed by atoms with Gasteiger partial charge in [0.05, 0.1) is 0 Å². The van der Waals surface area contributed by atoms with Gasteiger partial charge in [0.1, 0.15) is 10.7 Å². The molecule has 2 atom stereocenters. The monoisotopic (exact) mass is 277 g/mol. The normalized spacial score (nSPS) is 26.9. The second-order valence-electron chi connectivity index (χ2n) is 5.26. The van der Waals surface area contributed by atoms with Crippen LogP contribution >= 0.6 is 12.2 Å². The highest BCUT2D eigenvalue weighted by Crippen LogP contribution is 2.29. The fourth-order valence-corrected chi connectivity index (χ4v) is 3.36. The van der Waals surface area contributed by atoms with Crippen molar-refractivity contribution in [2.75, 3.05) is 18.4 Å². The zero-order valence-electron chi connectivity index (χ0n) is 10.9. The number of fused-ring (bicyclic) bond motifs is 1. The SMILES string of the molecule is NC(=S)c1nccnc1NC1CCN2CCCCC12. The van der Waals surface area contributed by atoms with Gasteiger partial charge >= 0.3 is 0 Å². The van der Waals surface area contributed by atoms with E-state index in [0.717, 1.165) is 12.2 Å². The molecule has 3 heterocycles. The van der Waals surface area contributed by atoms with Gasteiger partial charge < -0.3 is 11.1 Å². The second kappa shape index (κ2) is 5.38. The van der Waals surface area contributed by atoms with Crippen molar-refractivity contribution in [1.29, 1.82) is 0 Å². The maximum absolute atomic E-state index is 5.70. The number of rotatable bonds is 3. The third kappa shape index (κ3) is 2.55. The fraction of sp³-hybridized carbons (Fsp3) is 0.615. The average Bonchev–Trinajstić information content (AvgIpc) is 2.83. The molecule has 0 saturated carbocycles. The molecule has 0 radical (unpaired) electrons. The summed E-state index contributed by atoms with van der Waals surface area (Å²) in [5.74, 6) is 0.729. The van der Waals surface area contributed by atoms with E-state index in [9.17, 15) is 0 Å². The molecule has 0 aliphatic carbocycles. The number of anilines is 1. The Morgan fingerprint density at radius 1 is 1.26 bits per heavy atom. The van der Waals surface area contributed by atoms with Gasteiger partial charge in [0.15, 0.2) is 5.82 Å². The van der Waals surface area contributed by atoms with E-state index in [0.29, 0.717) is 22.8 Å². The van der Waals surface area contributed by atoms with Crippen LogP contribution in [-0.2, 0) is 0 Å². The fourth-order valence-electron chi connectivity index (χ4n) is 3.22. The van der Waals surface area contributed by atoms with E-state index < -0.39 is 0 Å². The van der Waals surface area contributed by atoms with Gasteiger partial charge in [-0.05, 0) is 25.8 Å². The van der Waals surface area contributed by atoms with E-state index in [4.69, 9.17) is 18.0 Å². The molecule has 3 N–H and O–H groups in total. The van der Waals surface area contributed by atoms with Gasteiger partial charge in [-0.1, -0.05) is 18.6 Å². The van der Waals surface area contributed by atoms with Crippen LogP contribution in [-0.4, -0.2) is 45.0 Å². The van der Waals surface area contributed by atoms with Gasteiger partial charge in [-0.2, -0.15) is 0 Å². The van der Waals surface area contributed by atoms with Gasteiger partial charge in [-0.25, -0.2) is 9.97 Å². The summed E-state index contributed by atoms with van der Waals surface area (Å²) in [5, 5.41) is 3.51. The Morgan fingerprint density at radius 2 is 2.11 bits per heavy atom. The summed E-state index contributed by atoms with van der Waals surface area (Å²) >= 11 is 5.03. The molecule has 0 aromatic carbocycles. The summed E-state index contributed by atoms with van der Waals surface area (Å²) in [5.41, 5.74) is 6.30. The number of nitrogens with one attached hydrogen (secondary N) is 1. The van der Waals surface area contributed by atoms with E-state index in [1.54, 1.807) is 12.4 Å². The highest BCUT2D eigenvalue weighted by molar-refractivity contribution is 7.80. The molecule has 19 heavy (non-hydrogen) atoms. The van der Waals surface area contributed by atoms with Crippen LogP contribution in [0.1, 0.15) is 31.4 Å². The molecule has 0 amide bonds. The third-order valence-electron chi connectivity index (χ3n) is 4.11. The van der Waals surface area contributed by atoms with Crippen molar-refractivity contribution in [2.24, 2.45) is 5.73 Å². The Bertz CT molecular complexity index is 478. The first-order valence-electron chi connectivity index (χ1n) is 6.87. The Kier molecular flexibility index (Phi) is 3.61. The summed E-state index contributed by atoms with van der Waals surface area (Å²) in [4.78, 5) is 11.4. The third-order valence-corrected chi connectivity index (χ3v) is 4.30. The van der Waals surface area contributed by atoms with Crippen LogP contribution in [0.5, 0.6) is 0 Å². The lowest BCUT2D eigenvalue weighted by atomic mass is 9.99. The minimum Gasteiger partial charge on any atom is -0.388 e. The quantitative estimate of drug-likeness (QED) is 0.808. The van der Waals surface area contributed by atoms with Crippen molar-refractivity contribution in [2.45, 2.75) is 37.8 Å². The minimum atomic E-state index is 0.300. The van der Waals surface area contributed by atoms with E-state index >= 15 is 0 Å². The van der Waals surface area contributed by atoms with Crippen molar-refractivity contribution in [3.05, 3.63) is 18.1 Å². The summed E-state index contributed by atoms with van der Waals surface area (Å²) in [6, 6.07) is 1.06. The first-order chi connectivity index (χ1) is 9.25. The molecule has 2 aliphatic rings. The number of piperidine rings is 1. The lowest BCUT2D eigenvalue weighted by molar-refractivity contribution is 0.192. The van der Waals surface area contributed by atoms with Crippen LogP contribution in [0.3, 0.4) is 0 Å². The highest BCUT2D eigenvalue weighted by atomic mass is 32.1. The molecular formula is C13H19N5S. The number of hydrogen-bond acceptors (Lipinski definition) is 5. The largest absolute Gasteiger partial charge is 0.388 e. The molecule has 1 aromatic rings. The predicted molar refractivity (Wildman–Crippen MR) is 79.2 cm³/mol. The number of nitrogens with two attached hydrogens (primary N) is 1. The molecule has 0 bridgehead atoms. The van der Waals surface area contributed by atoms with Crippen molar-refractivity contribution in [3.63, 3.8) is 0 Å². The summed E-state index contributed by atoms with van der Waals surface area (Å²) < 4.78 is 0. The zero-order valence-corrected chi connectivity index (χ0v) is 11.7. The Balaban J connectivity index is 1.76. The van der Waals surface area contributed by atoms with Crippen LogP contribution in [0.4, 0.5) is 5.82 Å². The van der Waals surface area contributed by atoms with Crippen molar-refractivity contribution in [3.8, 4) is 0 Å². The van der Waals surface area contributed by atoms with Crippen LogP contribution in [0, 0.1) is 0 Å². The molecular weight excluding hydrogens is 258 g/mol. The first kappa shape index (κ1) is 12.7. The molecule has 3 rings (SSSR count). The molecule has 102 valence electrons. The van der Waals surface area contributed by atoms with Gasteiger partial charge in [0.25, 0.3) is 0 Å². The number of nitrogens with zero attached hydrogens (tertiary/aromatic N) is 3. The molecule has 2 fully saturated rings. The molecule has 2 saturated heterocycles. The molecule has 0 spiro atoms. The lowest BCUT2D eigenvalue weighted by Crippen LogP contribution is -2.42. The van der Waals surface area contributed by atoms with Crippen LogP contribution < -0.4 is 11.1 Å². The van der Waals surface area contributed by atoms with E-state index in [-0.39, 0.29) is 0 Å². The Labute approximate surface area is 118 Å². The first-order valence-corrected chi connectivity index (χ1v) is 7.28. The molecule has 5 nitrogen and oxygen atoms in total. The van der Waals surface area contributed by atoms with Gasteiger partial charge in [0.2, 0.25) is 0 Å². The summed E-state index contributed by atoms with van der Waals surface area (Å²) in [7, 11) is 0. The minimum absolute atomic E-state index is 0.300. The molecule has 2 unspecified atom stereocenters. The zero-order chi connectivity index (χ0) is 13.2. The topological polar surface area (TPSA) is 67.1 Å². The van der Waals surface area contributed by atoms with E-state index in [1.165, 1.54) is 32.4 Å². The maximum Gasteiger partial charge on any atom is 0.155 e. The Morgan fingerprint density at radius 3 is 2.95 bits per heavy atom. The number of thiocarbonyl (C=S) groups is 1. The van der Waals surface area contributed by atoms with E-state index in [1.807, 2.05) is 0 Å². The lowest BCUT2D eigenvalue weighted by Gasteiger charge is -2.32. The van der Waals surface area contributed by atoms with Crippen LogP contribution in [0.2, 0.25) is 0 Å². The van der Waals surface area contributed by atoms with E-state index in [2.05, 4.69) is 20.2 Å². The average molecular weight is 277 g/mol. The van der Waals surface area contributed by atoms with Gasteiger partial charge in [-0.15, -0.1) is 0 Å². The highest BCUT2D eigenvalue weighted by Gasteiger charge is 2.35. The molecule has 6 heteroatoms. The van der Waals surface area contributed by atoms with Gasteiger partial charge in [-0.3, -0.25) is 4.90 Å². The van der Waals surface area contributed by atoms with Gasteiger partial charge in [0, 0.05) is 31.0 Å². The summed E-state index contributed by atoms with van der Waals surface area (Å²) in [6.45, 7) is 2.40. The van der Waals surface area contributed by atoms with Crippen molar-refractivity contribution < 1.29 is 0 Å². The number of aromatic nitrogens is 2. The number of hydrogen-bond donors (Lipinski definition) is 2. The standard InChI is InChI=1S/C13H19N5S/c14-12(19)11-13(16-6-5-15-11)17-9-4-8-18-7-2-1-3-10(9)18/h5-6,9-10H,1-4,7-8H2,(H2,14,19)(H,16,17). The summed E-state index contributed by atoms with van der Waals surface area (Å²) in [6.07, 6.45) is 8.37. The smallest absolute Gasteiger partial charge is 0.155 e. The van der Waals surface area contributed by atoms with Crippen molar-refractivity contribution in [1.82, 2.24) is 14.9 Å². The van der Waals surface area contributed by atoms with Crippen LogP contribution in [0.15, 0.2) is 12.4 Å². The second-order valence-corrected chi connectivity index (χ2v) is 5.70.